The molecule has 0 fully saturated rings. The van der Waals surface area contributed by atoms with Crippen molar-refractivity contribution in [3.8, 4) is 39.9 Å². The van der Waals surface area contributed by atoms with Crippen LogP contribution in [0.1, 0.15) is 80.8 Å². The lowest BCUT2D eigenvalue weighted by atomic mass is 9.95. The standard InChI is InChI=1S/C57H66N6O12/c1-32(2)27-46(61-57(72)48(29-37-15-21-40(67)22-16-37)62-54(69)45(59-34(4)65)24-17-35-11-9-8-10-12-35)55(70)63-47(28-36-13-19-39(66)20-14-36)56(71)60-44-26-23-41-42(31-49(44)68)43(58-33(3)64)25-18-38-30-50(73-5)52(74-6)53(75-7)51(38)41/h8-16,19-23,26,30-32,43,45-48,66-67H,17-18,24-25,27-29H2,1-7H3,(H,58,64)(H,59,65)(H,61,72)(H,62,69)(H,63,70)(H,60,68,71)/t43-,45-,46-,47-,48-/m0/s1. The molecule has 1 aliphatic carbocycles. The molecule has 5 aromatic carbocycles. The second-order valence-corrected chi connectivity index (χ2v) is 18.9. The van der Waals surface area contributed by atoms with Crippen molar-refractivity contribution < 1.29 is 53.2 Å². The number of phenolic OH excluding ortho intramolecular Hbond substituents is 2. The first-order valence-corrected chi connectivity index (χ1v) is 24.7. The Balaban J connectivity index is 1.32. The van der Waals surface area contributed by atoms with Crippen molar-refractivity contribution in [2.24, 2.45) is 5.92 Å². The van der Waals surface area contributed by atoms with Crippen molar-refractivity contribution in [2.75, 3.05) is 26.6 Å². The molecule has 18 heteroatoms. The fraction of sp³-hybridized carbons (Fsp3) is 0.351. The zero-order valence-corrected chi connectivity index (χ0v) is 43.2. The fourth-order valence-electron chi connectivity index (χ4n) is 9.17. The van der Waals surface area contributed by atoms with Gasteiger partial charge >= 0.3 is 0 Å². The molecule has 6 rings (SSSR count). The van der Waals surface area contributed by atoms with E-state index in [-0.39, 0.29) is 54.7 Å². The third kappa shape index (κ3) is 15.1. The second kappa shape index (κ2) is 26.0. The SMILES string of the molecule is COc1cc2c(c(OC)c1OC)-c1ccc(NC(=O)[C@H](Cc3ccc(O)cc3)NC(=O)[C@H](CC(C)C)NC(=O)[C@H](Cc3ccc(O)cc3)NC(=O)[C@H](CCc3ccccc3)NC(C)=O)c(=O)cc1[C@@H](NC(C)=O)CC2. The van der Waals surface area contributed by atoms with E-state index in [9.17, 15) is 43.8 Å². The number of carbonyl (C=O) groups is 6. The van der Waals surface area contributed by atoms with Gasteiger partial charge in [0.15, 0.2) is 11.5 Å². The number of carbonyl (C=O) groups excluding carboxylic acids is 6. The predicted octanol–water partition coefficient (Wildman–Crippen LogP) is 5.34. The molecule has 0 saturated carbocycles. The van der Waals surface area contributed by atoms with Crippen LogP contribution in [0.3, 0.4) is 0 Å². The first-order valence-electron chi connectivity index (χ1n) is 24.7. The van der Waals surface area contributed by atoms with E-state index >= 15 is 0 Å². The summed E-state index contributed by atoms with van der Waals surface area (Å²) < 4.78 is 17.3. The van der Waals surface area contributed by atoms with Gasteiger partial charge in [-0.15, -0.1) is 0 Å². The van der Waals surface area contributed by atoms with Gasteiger partial charge in [0.1, 0.15) is 35.7 Å². The summed E-state index contributed by atoms with van der Waals surface area (Å²) in [7, 11) is 4.46. The van der Waals surface area contributed by atoms with Gasteiger partial charge in [0.25, 0.3) is 0 Å². The van der Waals surface area contributed by atoms with Gasteiger partial charge in [0.05, 0.1) is 33.1 Å². The quantitative estimate of drug-likeness (QED) is 0.0438. The summed E-state index contributed by atoms with van der Waals surface area (Å²) in [6.45, 7) is 6.36. The molecule has 5 aromatic rings. The Morgan fingerprint density at radius 1 is 0.613 bits per heavy atom. The Morgan fingerprint density at radius 3 is 1.72 bits per heavy atom. The van der Waals surface area contributed by atoms with Gasteiger partial charge < -0.3 is 56.3 Å². The lowest BCUT2D eigenvalue weighted by molar-refractivity contribution is -0.134. The van der Waals surface area contributed by atoms with E-state index in [1.54, 1.807) is 30.3 Å². The van der Waals surface area contributed by atoms with E-state index in [0.717, 1.165) is 11.1 Å². The molecule has 0 spiro atoms. The highest BCUT2D eigenvalue weighted by molar-refractivity contribution is 5.99. The summed E-state index contributed by atoms with van der Waals surface area (Å²) in [6.07, 6.45) is 1.44. The molecule has 396 valence electrons. The first-order chi connectivity index (χ1) is 35.9. The fourth-order valence-corrected chi connectivity index (χ4v) is 9.17. The van der Waals surface area contributed by atoms with Crippen LogP contribution in [0.4, 0.5) is 5.69 Å². The molecule has 6 amide bonds. The lowest BCUT2D eigenvalue weighted by Gasteiger charge is -2.27. The minimum Gasteiger partial charge on any atom is -0.508 e. The second-order valence-electron chi connectivity index (χ2n) is 18.9. The third-order valence-corrected chi connectivity index (χ3v) is 12.8. The van der Waals surface area contributed by atoms with E-state index in [1.165, 1.54) is 71.6 Å². The largest absolute Gasteiger partial charge is 0.508 e. The van der Waals surface area contributed by atoms with Gasteiger partial charge in [0.2, 0.25) is 46.6 Å². The maximum absolute atomic E-state index is 14.6. The van der Waals surface area contributed by atoms with Gasteiger partial charge in [-0.25, -0.2) is 0 Å². The number of rotatable bonds is 22. The molecule has 8 N–H and O–H groups in total. The molecule has 0 radical (unpaired) electrons. The number of hydrogen-bond acceptors (Lipinski definition) is 12. The molecular formula is C57H66N6O12. The number of aryl methyl sites for hydroxylation is 2. The highest BCUT2D eigenvalue weighted by Crippen LogP contribution is 2.50. The Hall–Kier alpha value is -8.41. The van der Waals surface area contributed by atoms with Crippen LogP contribution < -0.4 is 51.5 Å². The van der Waals surface area contributed by atoms with E-state index in [1.807, 2.05) is 50.2 Å². The van der Waals surface area contributed by atoms with Crippen molar-refractivity contribution in [2.45, 2.75) is 103 Å². The van der Waals surface area contributed by atoms with Gasteiger partial charge in [-0.05, 0) is 114 Å². The van der Waals surface area contributed by atoms with Gasteiger partial charge in [-0.2, -0.15) is 0 Å². The number of hydrogen-bond donors (Lipinski definition) is 8. The molecule has 0 unspecified atom stereocenters. The summed E-state index contributed by atoms with van der Waals surface area (Å²) in [5.41, 5.74) is 3.66. The predicted molar refractivity (Wildman–Crippen MR) is 283 cm³/mol. The Labute approximate surface area is 436 Å². The smallest absolute Gasteiger partial charge is 0.247 e. The minimum atomic E-state index is -1.36. The molecule has 0 heterocycles. The Kier molecular flexibility index (Phi) is 19.4. The van der Waals surface area contributed by atoms with Crippen molar-refractivity contribution in [1.82, 2.24) is 26.6 Å². The Bertz CT molecular complexity index is 2910. The minimum absolute atomic E-state index is 0.0124. The van der Waals surface area contributed by atoms with E-state index < -0.39 is 65.2 Å². The molecular weight excluding hydrogens is 961 g/mol. The highest BCUT2D eigenvalue weighted by Gasteiger charge is 2.34. The van der Waals surface area contributed by atoms with E-state index in [2.05, 4.69) is 31.9 Å². The zero-order chi connectivity index (χ0) is 54.3. The first kappa shape index (κ1) is 55.9. The monoisotopic (exact) mass is 1030 g/mol. The van der Waals surface area contributed by atoms with Crippen LogP contribution in [-0.4, -0.2) is 91.2 Å². The van der Waals surface area contributed by atoms with Gasteiger partial charge in [-0.1, -0.05) is 74.5 Å². The Morgan fingerprint density at radius 2 is 1.17 bits per heavy atom. The molecule has 18 nitrogen and oxygen atoms in total. The number of nitrogens with one attached hydrogen (secondary N) is 6. The topological polar surface area (TPSA) is 260 Å². The van der Waals surface area contributed by atoms with Crippen molar-refractivity contribution in [1.29, 1.82) is 0 Å². The van der Waals surface area contributed by atoms with Gasteiger partial charge in [-0.3, -0.25) is 33.6 Å². The number of ether oxygens (including phenoxy) is 3. The van der Waals surface area contributed by atoms with Crippen LogP contribution in [0.2, 0.25) is 0 Å². The van der Waals surface area contributed by atoms with E-state index in [0.29, 0.717) is 64.3 Å². The summed E-state index contributed by atoms with van der Waals surface area (Å²) in [5, 5.41) is 36.9. The molecule has 0 bridgehead atoms. The van der Waals surface area contributed by atoms with Crippen LogP contribution in [-0.2, 0) is 54.5 Å². The molecule has 0 aliphatic heterocycles. The number of amides is 6. The van der Waals surface area contributed by atoms with Gasteiger partial charge in [0, 0.05) is 32.3 Å². The van der Waals surface area contributed by atoms with Crippen LogP contribution in [0, 0.1) is 5.92 Å². The maximum atomic E-state index is 14.6. The van der Waals surface area contributed by atoms with E-state index in [4.69, 9.17) is 14.2 Å². The number of fused-ring (bicyclic) bond motifs is 3. The van der Waals surface area contributed by atoms with Crippen LogP contribution >= 0.6 is 0 Å². The van der Waals surface area contributed by atoms with Crippen LogP contribution in [0.25, 0.3) is 11.1 Å². The lowest BCUT2D eigenvalue weighted by Crippen LogP contribution is -2.58. The van der Waals surface area contributed by atoms with Crippen molar-refractivity contribution in [3.05, 3.63) is 141 Å². The number of anilines is 1. The highest BCUT2D eigenvalue weighted by atomic mass is 16.5. The van der Waals surface area contributed by atoms with Crippen molar-refractivity contribution >= 4 is 41.1 Å². The molecule has 5 atom stereocenters. The number of methoxy groups -OCH3 is 3. The average Bonchev–Trinajstić information content (AvgIpc) is 3.62. The zero-order valence-electron chi connectivity index (χ0n) is 43.2. The number of aromatic hydroxyl groups is 2. The summed E-state index contributed by atoms with van der Waals surface area (Å²) in [6, 6.07) is 22.2. The molecule has 1 aliphatic rings. The average molecular weight is 1030 g/mol. The molecule has 0 aromatic heterocycles. The summed E-state index contributed by atoms with van der Waals surface area (Å²) in [4.78, 5) is 96.9. The number of benzene rings is 4. The van der Waals surface area contributed by atoms with Crippen molar-refractivity contribution in [3.63, 3.8) is 0 Å². The van der Waals surface area contributed by atoms with Crippen LogP contribution in [0.15, 0.2) is 108 Å². The summed E-state index contributed by atoms with van der Waals surface area (Å²) >= 11 is 0. The molecule has 75 heavy (non-hydrogen) atoms. The molecule has 0 saturated heterocycles. The van der Waals surface area contributed by atoms with Crippen LogP contribution in [0.5, 0.6) is 28.7 Å². The normalized spacial score (nSPS) is 14.2. The maximum Gasteiger partial charge on any atom is 0.247 e. The third-order valence-electron chi connectivity index (χ3n) is 12.8. The summed E-state index contributed by atoms with van der Waals surface area (Å²) in [5.74, 6) is -2.82. The number of phenols is 2.